The average molecular weight is 217 g/mol. The molecule has 0 amide bonds. The molecule has 0 radical (unpaired) electrons. The Morgan fingerprint density at radius 2 is 2.00 bits per heavy atom. The summed E-state index contributed by atoms with van der Waals surface area (Å²) in [4.78, 5) is 15.5. The van der Waals surface area contributed by atoms with Gasteiger partial charge in [-0.15, -0.1) is 0 Å². The van der Waals surface area contributed by atoms with Gasteiger partial charge in [-0.1, -0.05) is 30.3 Å². The summed E-state index contributed by atoms with van der Waals surface area (Å²) in [5.74, 6) is 0.224. The number of benzene rings is 1. The van der Waals surface area contributed by atoms with Crippen LogP contribution in [-0.4, -0.2) is 27.8 Å². The molecule has 1 aromatic carbocycles. The van der Waals surface area contributed by atoms with E-state index in [0.717, 1.165) is 5.56 Å². The van der Waals surface area contributed by atoms with Gasteiger partial charge in [0.05, 0.1) is 7.11 Å². The first-order valence-corrected chi connectivity index (χ1v) is 4.77. The Kier molecular flexibility index (Phi) is 2.68. The Hall–Kier alpha value is -2.17. The molecule has 2 rings (SSSR count). The molecule has 0 fully saturated rings. The minimum Gasteiger partial charge on any atom is -0.463 e. The molecule has 82 valence electrons. The van der Waals surface area contributed by atoms with Crippen molar-refractivity contribution in [1.82, 2.24) is 14.8 Å². The highest BCUT2D eigenvalue weighted by Gasteiger charge is 2.16. The van der Waals surface area contributed by atoms with Crippen LogP contribution in [0.2, 0.25) is 0 Å². The van der Waals surface area contributed by atoms with Gasteiger partial charge in [0.1, 0.15) is 0 Å². The SMILES string of the molecule is COC(=O)c1nc(-c2ccccc2)nn1C. The van der Waals surface area contributed by atoms with Crippen LogP contribution in [0.5, 0.6) is 0 Å². The number of carbonyl (C=O) groups is 1. The second kappa shape index (κ2) is 4.14. The van der Waals surface area contributed by atoms with E-state index in [0.29, 0.717) is 5.82 Å². The van der Waals surface area contributed by atoms with Crippen LogP contribution in [0.3, 0.4) is 0 Å². The maximum atomic E-state index is 11.3. The van der Waals surface area contributed by atoms with Crippen molar-refractivity contribution in [2.45, 2.75) is 0 Å². The molecule has 0 unspecified atom stereocenters. The summed E-state index contributed by atoms with van der Waals surface area (Å²) in [5, 5.41) is 4.15. The van der Waals surface area contributed by atoms with Gasteiger partial charge in [0, 0.05) is 12.6 Å². The second-order valence-electron chi connectivity index (χ2n) is 3.24. The molecule has 0 spiro atoms. The van der Waals surface area contributed by atoms with Gasteiger partial charge >= 0.3 is 5.97 Å². The van der Waals surface area contributed by atoms with E-state index in [9.17, 15) is 4.79 Å². The summed E-state index contributed by atoms with van der Waals surface area (Å²) in [7, 11) is 2.98. The van der Waals surface area contributed by atoms with Crippen molar-refractivity contribution in [3.63, 3.8) is 0 Å². The number of aryl methyl sites for hydroxylation is 1. The number of hydrogen-bond donors (Lipinski definition) is 0. The minimum atomic E-state index is -0.489. The summed E-state index contributed by atoms with van der Waals surface area (Å²) in [6, 6.07) is 9.47. The highest BCUT2D eigenvalue weighted by molar-refractivity contribution is 5.85. The first-order valence-electron chi connectivity index (χ1n) is 4.77. The molecule has 1 heterocycles. The zero-order valence-corrected chi connectivity index (χ0v) is 9.04. The van der Waals surface area contributed by atoms with Gasteiger partial charge in [-0.25, -0.2) is 14.5 Å². The Morgan fingerprint density at radius 3 is 2.62 bits per heavy atom. The smallest absolute Gasteiger partial charge is 0.375 e. The molecule has 0 bridgehead atoms. The van der Waals surface area contributed by atoms with Gasteiger partial charge < -0.3 is 4.74 Å². The van der Waals surface area contributed by atoms with Crippen LogP contribution in [0.15, 0.2) is 30.3 Å². The molecule has 0 aliphatic heterocycles. The van der Waals surface area contributed by atoms with Crippen LogP contribution in [0.4, 0.5) is 0 Å². The van der Waals surface area contributed by atoms with E-state index in [4.69, 9.17) is 0 Å². The zero-order chi connectivity index (χ0) is 11.5. The number of rotatable bonds is 2. The van der Waals surface area contributed by atoms with E-state index >= 15 is 0 Å². The number of carbonyl (C=O) groups excluding carboxylic acids is 1. The lowest BCUT2D eigenvalue weighted by molar-refractivity contribution is 0.0581. The van der Waals surface area contributed by atoms with E-state index in [1.807, 2.05) is 30.3 Å². The van der Waals surface area contributed by atoms with Crippen molar-refractivity contribution in [3.8, 4) is 11.4 Å². The van der Waals surface area contributed by atoms with Crippen molar-refractivity contribution in [1.29, 1.82) is 0 Å². The molecular weight excluding hydrogens is 206 g/mol. The van der Waals surface area contributed by atoms with E-state index in [1.54, 1.807) is 7.05 Å². The fraction of sp³-hybridized carbons (Fsp3) is 0.182. The molecule has 16 heavy (non-hydrogen) atoms. The van der Waals surface area contributed by atoms with Crippen molar-refractivity contribution in [3.05, 3.63) is 36.2 Å². The molecule has 0 N–H and O–H groups in total. The zero-order valence-electron chi connectivity index (χ0n) is 9.04. The monoisotopic (exact) mass is 217 g/mol. The third-order valence-electron chi connectivity index (χ3n) is 2.16. The molecule has 5 nitrogen and oxygen atoms in total. The second-order valence-corrected chi connectivity index (χ2v) is 3.24. The third-order valence-corrected chi connectivity index (χ3v) is 2.16. The predicted molar refractivity (Wildman–Crippen MR) is 57.8 cm³/mol. The van der Waals surface area contributed by atoms with E-state index in [-0.39, 0.29) is 5.82 Å². The van der Waals surface area contributed by atoms with Crippen LogP contribution in [0.25, 0.3) is 11.4 Å². The standard InChI is InChI=1S/C11H11N3O2/c1-14-10(11(15)16-2)12-9(13-14)8-6-4-3-5-7-8/h3-7H,1-2H3. The number of hydrogen-bond acceptors (Lipinski definition) is 4. The summed E-state index contributed by atoms with van der Waals surface area (Å²) in [6.45, 7) is 0. The molecule has 0 saturated heterocycles. The molecule has 1 aromatic heterocycles. The molecule has 0 saturated carbocycles. The van der Waals surface area contributed by atoms with Gasteiger partial charge in [-0.3, -0.25) is 0 Å². The first kappa shape index (κ1) is 10.4. The van der Waals surface area contributed by atoms with Crippen LogP contribution in [0, 0.1) is 0 Å². The maximum absolute atomic E-state index is 11.3. The summed E-state index contributed by atoms with van der Waals surface area (Å²) in [5.41, 5.74) is 0.869. The van der Waals surface area contributed by atoms with E-state index in [2.05, 4.69) is 14.8 Å². The lowest BCUT2D eigenvalue weighted by atomic mass is 10.2. The Bertz CT molecular complexity index is 505. The maximum Gasteiger partial charge on any atom is 0.375 e. The Labute approximate surface area is 92.7 Å². The molecule has 2 aromatic rings. The number of aromatic nitrogens is 3. The van der Waals surface area contributed by atoms with Crippen LogP contribution < -0.4 is 0 Å². The fourth-order valence-electron chi connectivity index (χ4n) is 1.36. The topological polar surface area (TPSA) is 57.0 Å². The number of esters is 1. The van der Waals surface area contributed by atoms with Crippen LogP contribution in [0.1, 0.15) is 10.6 Å². The minimum absolute atomic E-state index is 0.196. The van der Waals surface area contributed by atoms with Crippen molar-refractivity contribution < 1.29 is 9.53 Å². The Balaban J connectivity index is 2.42. The van der Waals surface area contributed by atoms with Crippen molar-refractivity contribution in [2.24, 2.45) is 7.05 Å². The average Bonchev–Trinajstić information content (AvgIpc) is 2.71. The quantitative estimate of drug-likeness (QED) is 0.711. The van der Waals surface area contributed by atoms with Crippen molar-refractivity contribution >= 4 is 5.97 Å². The summed E-state index contributed by atoms with van der Waals surface area (Å²) in [6.07, 6.45) is 0. The van der Waals surface area contributed by atoms with E-state index in [1.165, 1.54) is 11.8 Å². The number of ether oxygens (including phenoxy) is 1. The molecule has 0 aliphatic carbocycles. The predicted octanol–water partition coefficient (Wildman–Crippen LogP) is 1.27. The van der Waals surface area contributed by atoms with Gasteiger partial charge in [-0.05, 0) is 0 Å². The number of nitrogens with zero attached hydrogens (tertiary/aromatic N) is 3. The molecular formula is C11H11N3O2. The summed E-state index contributed by atoms with van der Waals surface area (Å²) >= 11 is 0. The van der Waals surface area contributed by atoms with Crippen molar-refractivity contribution in [2.75, 3.05) is 7.11 Å². The normalized spacial score (nSPS) is 10.1. The van der Waals surface area contributed by atoms with Gasteiger partial charge in [0.15, 0.2) is 5.82 Å². The lowest BCUT2D eigenvalue weighted by Gasteiger charge is -1.94. The van der Waals surface area contributed by atoms with Gasteiger partial charge in [0.25, 0.3) is 0 Å². The largest absolute Gasteiger partial charge is 0.463 e. The lowest BCUT2D eigenvalue weighted by Crippen LogP contribution is -2.09. The molecule has 0 atom stereocenters. The number of methoxy groups -OCH3 is 1. The third kappa shape index (κ3) is 1.79. The fourth-order valence-corrected chi connectivity index (χ4v) is 1.36. The highest BCUT2D eigenvalue weighted by atomic mass is 16.5. The molecule has 5 heteroatoms. The summed E-state index contributed by atoms with van der Waals surface area (Å²) < 4.78 is 6.01. The molecule has 0 aliphatic rings. The Morgan fingerprint density at radius 1 is 1.31 bits per heavy atom. The first-order chi connectivity index (χ1) is 7.72. The van der Waals surface area contributed by atoms with E-state index < -0.39 is 5.97 Å². The van der Waals surface area contributed by atoms with Crippen LogP contribution in [-0.2, 0) is 11.8 Å². The van der Waals surface area contributed by atoms with Gasteiger partial charge in [0.2, 0.25) is 5.82 Å². The van der Waals surface area contributed by atoms with Gasteiger partial charge in [-0.2, -0.15) is 5.10 Å². The highest BCUT2D eigenvalue weighted by Crippen LogP contribution is 2.14. The van der Waals surface area contributed by atoms with Crippen LogP contribution >= 0.6 is 0 Å².